The summed E-state index contributed by atoms with van der Waals surface area (Å²) < 4.78 is 5.48. The Kier molecular flexibility index (Phi) is 5.80. The van der Waals surface area contributed by atoms with Gasteiger partial charge in [0.05, 0.1) is 18.2 Å². The first kappa shape index (κ1) is 13.8. The van der Waals surface area contributed by atoms with E-state index in [1.165, 1.54) is 0 Å². The van der Waals surface area contributed by atoms with Crippen LogP contribution in [0.4, 0.5) is 0 Å². The van der Waals surface area contributed by atoms with Gasteiger partial charge >= 0.3 is 0 Å². The lowest BCUT2D eigenvalue weighted by Gasteiger charge is -2.11. The molecule has 0 radical (unpaired) electrons. The molecule has 2 N–H and O–H groups in total. The molecular formula is C12H16ClNO3. The molecule has 4 nitrogen and oxygen atoms in total. The molecule has 0 aliphatic carbocycles. The number of nitrogens with one attached hydrogen (secondary N) is 1. The van der Waals surface area contributed by atoms with Crippen LogP contribution in [-0.2, 0) is 11.4 Å². The molecule has 0 bridgehead atoms. The fourth-order valence-electron chi connectivity index (χ4n) is 1.37. The molecule has 0 saturated heterocycles. The molecule has 0 unspecified atom stereocenters. The van der Waals surface area contributed by atoms with E-state index in [-0.39, 0.29) is 12.5 Å². The molecule has 1 aromatic carbocycles. The van der Waals surface area contributed by atoms with Crippen molar-refractivity contribution < 1.29 is 14.6 Å². The van der Waals surface area contributed by atoms with Crippen LogP contribution in [0, 0.1) is 0 Å². The van der Waals surface area contributed by atoms with Crippen LogP contribution in [0.15, 0.2) is 18.2 Å². The highest BCUT2D eigenvalue weighted by molar-refractivity contribution is 6.32. The first-order valence-corrected chi connectivity index (χ1v) is 5.78. The molecule has 0 aliphatic rings. The summed E-state index contributed by atoms with van der Waals surface area (Å²) in [6.07, 6.45) is 1.02. The highest BCUT2D eigenvalue weighted by Crippen LogP contribution is 2.28. The van der Waals surface area contributed by atoms with E-state index in [0.29, 0.717) is 35.8 Å². The van der Waals surface area contributed by atoms with Crippen molar-refractivity contribution in [2.45, 2.75) is 19.4 Å². The molecule has 0 atom stereocenters. The minimum absolute atomic E-state index is 0.0184. The molecule has 0 saturated carbocycles. The van der Waals surface area contributed by atoms with Crippen molar-refractivity contribution in [2.75, 3.05) is 13.7 Å². The lowest BCUT2D eigenvalue weighted by Crippen LogP contribution is -2.18. The van der Waals surface area contributed by atoms with Crippen molar-refractivity contribution in [3.05, 3.63) is 28.8 Å². The Morgan fingerprint density at radius 1 is 1.53 bits per heavy atom. The number of aliphatic hydroxyl groups is 1. The van der Waals surface area contributed by atoms with E-state index in [0.717, 1.165) is 0 Å². The van der Waals surface area contributed by atoms with Gasteiger partial charge < -0.3 is 15.2 Å². The lowest BCUT2D eigenvalue weighted by molar-refractivity contribution is -0.120. The minimum atomic E-state index is -0.120. The van der Waals surface area contributed by atoms with Crippen molar-refractivity contribution >= 4 is 17.5 Å². The number of rotatable bonds is 6. The fraction of sp³-hybridized carbons (Fsp3) is 0.417. The largest absolute Gasteiger partial charge is 0.492 e. The van der Waals surface area contributed by atoms with Crippen molar-refractivity contribution in [1.29, 1.82) is 0 Å². The van der Waals surface area contributed by atoms with Crippen molar-refractivity contribution in [3.8, 4) is 5.75 Å². The zero-order valence-electron chi connectivity index (χ0n) is 9.70. The van der Waals surface area contributed by atoms with E-state index in [1.807, 2.05) is 0 Å². The molecule has 0 aromatic heterocycles. The zero-order valence-corrected chi connectivity index (χ0v) is 10.5. The van der Waals surface area contributed by atoms with Crippen molar-refractivity contribution in [2.24, 2.45) is 0 Å². The summed E-state index contributed by atoms with van der Waals surface area (Å²) in [6.45, 7) is 0.273. The number of ether oxygens (including phenoxy) is 1. The molecule has 94 valence electrons. The molecule has 1 aromatic rings. The standard InChI is InChI=1S/C12H16ClNO3/c1-14-11(16)6-3-7-17-12-9(8-15)4-2-5-10(12)13/h2,4-5,15H,3,6-8H2,1H3,(H,14,16). The van der Waals surface area contributed by atoms with Crippen LogP contribution < -0.4 is 10.1 Å². The third-order valence-electron chi connectivity index (χ3n) is 2.29. The Hall–Kier alpha value is -1.26. The normalized spacial score (nSPS) is 10.1. The summed E-state index contributed by atoms with van der Waals surface area (Å²) in [7, 11) is 1.60. The topological polar surface area (TPSA) is 58.6 Å². The van der Waals surface area contributed by atoms with Crippen LogP contribution in [0.3, 0.4) is 0 Å². The van der Waals surface area contributed by atoms with E-state index in [1.54, 1.807) is 25.2 Å². The van der Waals surface area contributed by atoms with Crippen LogP contribution in [-0.4, -0.2) is 24.7 Å². The maximum absolute atomic E-state index is 11.0. The van der Waals surface area contributed by atoms with Gasteiger partial charge in [-0.25, -0.2) is 0 Å². The van der Waals surface area contributed by atoms with Gasteiger partial charge in [0.25, 0.3) is 0 Å². The number of benzene rings is 1. The fourth-order valence-corrected chi connectivity index (χ4v) is 1.62. The average Bonchev–Trinajstić information content (AvgIpc) is 2.35. The molecule has 1 rings (SSSR count). The van der Waals surface area contributed by atoms with Gasteiger partial charge in [-0.15, -0.1) is 0 Å². The second-order valence-corrected chi connectivity index (χ2v) is 3.92. The molecule has 0 fully saturated rings. The van der Waals surface area contributed by atoms with E-state index in [4.69, 9.17) is 21.4 Å². The second kappa shape index (κ2) is 7.14. The Balaban J connectivity index is 2.48. The Bertz CT molecular complexity index is 382. The van der Waals surface area contributed by atoms with E-state index in [2.05, 4.69) is 5.32 Å². The van der Waals surface area contributed by atoms with Gasteiger partial charge in [-0.05, 0) is 12.5 Å². The number of para-hydroxylation sites is 1. The molecule has 1 amide bonds. The molecule has 0 aliphatic heterocycles. The number of hydrogen-bond acceptors (Lipinski definition) is 3. The highest BCUT2D eigenvalue weighted by atomic mass is 35.5. The van der Waals surface area contributed by atoms with Crippen LogP contribution in [0.2, 0.25) is 5.02 Å². The predicted molar refractivity (Wildman–Crippen MR) is 66.2 cm³/mol. The van der Waals surface area contributed by atoms with Gasteiger partial charge in [0.1, 0.15) is 5.75 Å². The van der Waals surface area contributed by atoms with Gasteiger partial charge in [-0.3, -0.25) is 4.79 Å². The van der Waals surface area contributed by atoms with Gasteiger partial charge in [0.15, 0.2) is 0 Å². The van der Waals surface area contributed by atoms with Gasteiger partial charge in [-0.1, -0.05) is 23.7 Å². The molecular weight excluding hydrogens is 242 g/mol. The Labute approximate surface area is 106 Å². The first-order valence-electron chi connectivity index (χ1n) is 5.40. The number of hydrogen-bond donors (Lipinski definition) is 2. The first-order chi connectivity index (χ1) is 8.19. The van der Waals surface area contributed by atoms with Gasteiger partial charge in [0.2, 0.25) is 5.91 Å². The van der Waals surface area contributed by atoms with E-state index in [9.17, 15) is 4.79 Å². The highest BCUT2D eigenvalue weighted by Gasteiger charge is 2.07. The van der Waals surface area contributed by atoms with Crippen LogP contribution in [0.25, 0.3) is 0 Å². The summed E-state index contributed by atoms with van der Waals surface area (Å²) >= 11 is 5.96. The van der Waals surface area contributed by atoms with Crippen LogP contribution in [0.1, 0.15) is 18.4 Å². The number of carbonyl (C=O) groups excluding carboxylic acids is 1. The number of halogens is 1. The smallest absolute Gasteiger partial charge is 0.219 e. The third kappa shape index (κ3) is 4.24. The number of amides is 1. The Morgan fingerprint density at radius 2 is 2.29 bits per heavy atom. The SMILES string of the molecule is CNC(=O)CCCOc1c(Cl)cccc1CO. The summed E-state index contributed by atoms with van der Waals surface area (Å²) in [6, 6.07) is 5.21. The molecule has 0 heterocycles. The quantitative estimate of drug-likeness (QED) is 0.763. The monoisotopic (exact) mass is 257 g/mol. The molecule has 5 heteroatoms. The molecule has 17 heavy (non-hydrogen) atoms. The minimum Gasteiger partial charge on any atom is -0.492 e. The summed E-state index contributed by atoms with van der Waals surface area (Å²) in [5, 5.41) is 12.1. The maximum atomic E-state index is 11.0. The van der Waals surface area contributed by atoms with Gasteiger partial charge in [0, 0.05) is 19.0 Å². The lowest BCUT2D eigenvalue weighted by atomic mass is 10.2. The summed E-state index contributed by atoms with van der Waals surface area (Å²) in [5.74, 6) is 0.476. The summed E-state index contributed by atoms with van der Waals surface area (Å²) in [4.78, 5) is 11.0. The van der Waals surface area contributed by atoms with Crippen molar-refractivity contribution in [1.82, 2.24) is 5.32 Å². The Morgan fingerprint density at radius 3 is 2.94 bits per heavy atom. The van der Waals surface area contributed by atoms with Gasteiger partial charge in [-0.2, -0.15) is 0 Å². The maximum Gasteiger partial charge on any atom is 0.219 e. The number of aliphatic hydroxyl groups excluding tert-OH is 1. The third-order valence-corrected chi connectivity index (χ3v) is 2.59. The van der Waals surface area contributed by atoms with E-state index < -0.39 is 0 Å². The van der Waals surface area contributed by atoms with Crippen LogP contribution >= 0.6 is 11.6 Å². The van der Waals surface area contributed by atoms with E-state index >= 15 is 0 Å². The molecule has 0 spiro atoms. The second-order valence-electron chi connectivity index (χ2n) is 3.51. The number of carbonyl (C=O) groups is 1. The van der Waals surface area contributed by atoms with Crippen LogP contribution in [0.5, 0.6) is 5.75 Å². The zero-order chi connectivity index (χ0) is 12.7. The summed E-state index contributed by atoms with van der Waals surface area (Å²) in [5.41, 5.74) is 0.650. The predicted octanol–water partition coefficient (Wildman–Crippen LogP) is 1.74. The van der Waals surface area contributed by atoms with Crippen molar-refractivity contribution in [3.63, 3.8) is 0 Å². The average molecular weight is 258 g/mol.